The van der Waals surface area contributed by atoms with Crippen molar-refractivity contribution in [3.8, 4) is 17.6 Å². The van der Waals surface area contributed by atoms with Crippen LogP contribution < -0.4 is 9.47 Å². The Labute approximate surface area is 137 Å². The molecular weight excluding hydrogens is 292 g/mol. The Balaban J connectivity index is 2.12. The molecule has 0 bridgehead atoms. The minimum absolute atomic E-state index is 0.0627. The third-order valence-electron chi connectivity index (χ3n) is 4.29. The molecule has 0 radical (unpaired) electrons. The van der Waals surface area contributed by atoms with E-state index in [2.05, 4.69) is 6.07 Å². The summed E-state index contributed by atoms with van der Waals surface area (Å²) in [5.41, 5.74) is 0.850. The molecule has 1 heterocycles. The van der Waals surface area contributed by atoms with Crippen LogP contribution in [0.2, 0.25) is 0 Å². The van der Waals surface area contributed by atoms with E-state index in [1.165, 1.54) is 0 Å². The summed E-state index contributed by atoms with van der Waals surface area (Å²) in [6, 6.07) is 7.63. The van der Waals surface area contributed by atoms with E-state index in [0.29, 0.717) is 17.9 Å². The highest BCUT2D eigenvalue weighted by Crippen LogP contribution is 2.27. The van der Waals surface area contributed by atoms with E-state index < -0.39 is 5.92 Å². The molecule has 1 aromatic carbocycles. The molecular formula is C18H24N2O3. The van der Waals surface area contributed by atoms with E-state index in [1.54, 1.807) is 20.3 Å². The van der Waals surface area contributed by atoms with Crippen LogP contribution in [0.25, 0.3) is 0 Å². The Morgan fingerprint density at radius 2 is 1.91 bits per heavy atom. The van der Waals surface area contributed by atoms with Gasteiger partial charge >= 0.3 is 0 Å². The number of methoxy groups -OCH3 is 2. The maximum Gasteiger partial charge on any atom is 0.240 e. The van der Waals surface area contributed by atoms with Crippen LogP contribution in [-0.2, 0) is 11.2 Å². The molecule has 0 aliphatic carbocycles. The summed E-state index contributed by atoms with van der Waals surface area (Å²) in [5.74, 6) is 0.605. The number of carbonyl (C=O) groups is 1. The molecule has 1 aliphatic heterocycles. The average Bonchev–Trinajstić information content (AvgIpc) is 2.88. The monoisotopic (exact) mass is 316 g/mol. The molecule has 5 heteroatoms. The molecule has 124 valence electrons. The first-order valence-electron chi connectivity index (χ1n) is 8.09. The van der Waals surface area contributed by atoms with Gasteiger partial charge in [-0.15, -0.1) is 0 Å². The fraction of sp³-hybridized carbons (Fsp3) is 0.556. The lowest BCUT2D eigenvalue weighted by Crippen LogP contribution is -2.37. The Bertz CT molecular complexity index is 572. The number of rotatable bonds is 5. The van der Waals surface area contributed by atoms with Gasteiger partial charge in [-0.2, -0.15) is 5.26 Å². The van der Waals surface area contributed by atoms with Gasteiger partial charge in [0.25, 0.3) is 0 Å². The van der Waals surface area contributed by atoms with E-state index >= 15 is 0 Å². The van der Waals surface area contributed by atoms with Crippen LogP contribution in [0.5, 0.6) is 11.5 Å². The summed E-state index contributed by atoms with van der Waals surface area (Å²) in [7, 11) is 3.17. The average molecular weight is 316 g/mol. The van der Waals surface area contributed by atoms with Crippen LogP contribution in [0.3, 0.4) is 0 Å². The van der Waals surface area contributed by atoms with Crippen LogP contribution in [0.1, 0.15) is 31.2 Å². The second-order valence-electron chi connectivity index (χ2n) is 5.80. The predicted molar refractivity (Wildman–Crippen MR) is 87.4 cm³/mol. The van der Waals surface area contributed by atoms with Crippen molar-refractivity contribution < 1.29 is 14.3 Å². The first kappa shape index (κ1) is 17.1. The summed E-state index contributed by atoms with van der Waals surface area (Å²) in [5, 5.41) is 9.46. The molecule has 2 rings (SSSR count). The Hall–Kier alpha value is -2.22. The zero-order chi connectivity index (χ0) is 16.7. The predicted octanol–water partition coefficient (Wildman–Crippen LogP) is 2.79. The molecule has 5 nitrogen and oxygen atoms in total. The number of amides is 1. The van der Waals surface area contributed by atoms with Crippen molar-refractivity contribution in [2.24, 2.45) is 5.92 Å². The Morgan fingerprint density at radius 3 is 2.48 bits per heavy atom. The molecule has 1 fully saturated rings. The number of hydrogen-bond acceptors (Lipinski definition) is 4. The van der Waals surface area contributed by atoms with Gasteiger partial charge in [0.05, 0.1) is 20.3 Å². The van der Waals surface area contributed by atoms with Crippen molar-refractivity contribution in [3.63, 3.8) is 0 Å². The zero-order valence-corrected chi connectivity index (χ0v) is 13.9. The Morgan fingerprint density at radius 1 is 1.22 bits per heavy atom. The van der Waals surface area contributed by atoms with Crippen LogP contribution in [0.15, 0.2) is 18.2 Å². The van der Waals surface area contributed by atoms with Gasteiger partial charge in [0.1, 0.15) is 17.4 Å². The van der Waals surface area contributed by atoms with Crippen molar-refractivity contribution in [3.05, 3.63) is 23.8 Å². The fourth-order valence-corrected chi connectivity index (χ4v) is 2.94. The largest absolute Gasteiger partial charge is 0.497 e. The zero-order valence-electron chi connectivity index (χ0n) is 13.9. The van der Waals surface area contributed by atoms with Crippen LogP contribution >= 0.6 is 0 Å². The minimum atomic E-state index is -0.671. The van der Waals surface area contributed by atoms with Gasteiger partial charge in [0.15, 0.2) is 0 Å². The van der Waals surface area contributed by atoms with Gasteiger partial charge in [-0.1, -0.05) is 18.9 Å². The van der Waals surface area contributed by atoms with Crippen molar-refractivity contribution in [2.75, 3.05) is 27.3 Å². The van der Waals surface area contributed by atoms with E-state index in [0.717, 1.165) is 44.3 Å². The van der Waals surface area contributed by atoms with Crippen LogP contribution in [-0.4, -0.2) is 38.1 Å². The molecule has 0 saturated carbocycles. The van der Waals surface area contributed by atoms with Crippen molar-refractivity contribution in [1.82, 2.24) is 4.90 Å². The van der Waals surface area contributed by atoms with Gasteiger partial charge in [-0.25, -0.2) is 0 Å². The van der Waals surface area contributed by atoms with Crippen molar-refractivity contribution in [2.45, 2.75) is 32.1 Å². The van der Waals surface area contributed by atoms with Crippen LogP contribution in [0.4, 0.5) is 0 Å². The van der Waals surface area contributed by atoms with Gasteiger partial charge in [-0.05, 0) is 24.5 Å². The van der Waals surface area contributed by atoms with E-state index in [9.17, 15) is 10.1 Å². The fourth-order valence-electron chi connectivity index (χ4n) is 2.94. The third-order valence-corrected chi connectivity index (χ3v) is 4.29. The van der Waals surface area contributed by atoms with E-state index in [1.807, 2.05) is 17.0 Å². The number of carbonyl (C=O) groups excluding carboxylic acids is 1. The summed E-state index contributed by atoms with van der Waals surface area (Å²) < 4.78 is 10.5. The van der Waals surface area contributed by atoms with Gasteiger partial charge in [-0.3, -0.25) is 4.79 Å². The first-order chi connectivity index (χ1) is 11.2. The van der Waals surface area contributed by atoms with Crippen molar-refractivity contribution in [1.29, 1.82) is 5.26 Å². The number of ether oxygens (including phenoxy) is 2. The summed E-state index contributed by atoms with van der Waals surface area (Å²) in [6.07, 6.45) is 4.73. The molecule has 0 spiro atoms. The van der Waals surface area contributed by atoms with Crippen LogP contribution in [0, 0.1) is 17.2 Å². The Kier molecular flexibility index (Phi) is 6.28. The molecule has 1 amide bonds. The third kappa shape index (κ3) is 4.38. The molecule has 1 aliphatic rings. The molecule has 0 N–H and O–H groups in total. The lowest BCUT2D eigenvalue weighted by atomic mass is 9.98. The summed E-state index contributed by atoms with van der Waals surface area (Å²) >= 11 is 0. The molecule has 0 aromatic heterocycles. The minimum Gasteiger partial charge on any atom is -0.497 e. The smallest absolute Gasteiger partial charge is 0.240 e. The molecule has 1 unspecified atom stereocenters. The highest BCUT2D eigenvalue weighted by molar-refractivity contribution is 5.81. The summed E-state index contributed by atoms with van der Waals surface area (Å²) in [6.45, 7) is 1.52. The second kappa shape index (κ2) is 8.42. The molecule has 1 saturated heterocycles. The maximum absolute atomic E-state index is 12.6. The number of benzene rings is 1. The normalized spacial score (nSPS) is 16.1. The number of hydrogen-bond donors (Lipinski definition) is 0. The highest BCUT2D eigenvalue weighted by Gasteiger charge is 2.26. The van der Waals surface area contributed by atoms with Gasteiger partial charge < -0.3 is 14.4 Å². The second-order valence-corrected chi connectivity index (χ2v) is 5.80. The highest BCUT2D eigenvalue weighted by atomic mass is 16.5. The first-order valence-corrected chi connectivity index (χ1v) is 8.09. The molecule has 23 heavy (non-hydrogen) atoms. The quantitative estimate of drug-likeness (QED) is 0.838. The number of nitriles is 1. The van der Waals surface area contributed by atoms with E-state index in [4.69, 9.17) is 9.47 Å². The lowest BCUT2D eigenvalue weighted by molar-refractivity contribution is -0.133. The van der Waals surface area contributed by atoms with Crippen molar-refractivity contribution >= 4 is 5.91 Å². The molecule has 1 aromatic rings. The number of likely N-dealkylation sites (tertiary alicyclic amines) is 1. The topological polar surface area (TPSA) is 62.6 Å². The van der Waals surface area contributed by atoms with E-state index in [-0.39, 0.29) is 5.91 Å². The number of nitrogens with zero attached hydrogens (tertiary/aromatic N) is 2. The standard InChI is InChI=1S/C18H24N2O3/c1-22-16-8-7-14(17(12-16)23-2)11-15(13-19)18(21)20-9-5-3-4-6-10-20/h7-8,12,15H,3-6,9-11H2,1-2H3. The summed E-state index contributed by atoms with van der Waals surface area (Å²) in [4.78, 5) is 14.5. The SMILES string of the molecule is COc1ccc(CC(C#N)C(=O)N2CCCCCC2)c(OC)c1. The molecule has 1 atom stereocenters. The lowest BCUT2D eigenvalue weighted by Gasteiger charge is -2.23. The van der Waals surface area contributed by atoms with Gasteiger partial charge in [0, 0.05) is 25.6 Å². The van der Waals surface area contributed by atoms with Gasteiger partial charge in [0.2, 0.25) is 5.91 Å². The maximum atomic E-state index is 12.6.